The van der Waals surface area contributed by atoms with Gasteiger partial charge in [-0.1, -0.05) is 23.8 Å². The number of phenols is 1. The zero-order valence-electron chi connectivity index (χ0n) is 16.0. The molecular weight excluding hydrogens is 386 g/mol. The molecule has 3 N–H and O–H groups in total. The van der Waals surface area contributed by atoms with E-state index in [0.29, 0.717) is 23.7 Å². The van der Waals surface area contributed by atoms with Crippen LogP contribution in [0.5, 0.6) is 5.75 Å². The van der Waals surface area contributed by atoms with Gasteiger partial charge in [0.05, 0.1) is 22.2 Å². The monoisotopic (exact) mass is 407 g/mol. The van der Waals surface area contributed by atoms with Crippen molar-refractivity contribution in [3.8, 4) is 5.75 Å². The maximum absolute atomic E-state index is 13.0. The third-order valence-corrected chi connectivity index (χ3v) is 5.73. The van der Waals surface area contributed by atoms with Crippen LogP contribution in [0.25, 0.3) is 21.1 Å². The van der Waals surface area contributed by atoms with Crippen LogP contribution in [-0.4, -0.2) is 26.9 Å². The molecule has 0 spiro atoms. The normalized spacial score (nSPS) is 11.2. The first kappa shape index (κ1) is 19.1. The summed E-state index contributed by atoms with van der Waals surface area (Å²) in [7, 11) is 0. The lowest BCUT2D eigenvalue weighted by atomic mass is 10.1. The topological polar surface area (TPSA) is 95.1 Å². The third kappa shape index (κ3) is 3.86. The lowest BCUT2D eigenvalue weighted by molar-refractivity contribution is 0.0950. The summed E-state index contributed by atoms with van der Waals surface area (Å²) in [5.41, 5.74) is 2.98. The van der Waals surface area contributed by atoms with Crippen molar-refractivity contribution in [2.75, 3.05) is 6.54 Å². The van der Waals surface area contributed by atoms with E-state index < -0.39 is 0 Å². The van der Waals surface area contributed by atoms with E-state index in [1.54, 1.807) is 18.2 Å². The molecule has 0 aliphatic carbocycles. The quantitative estimate of drug-likeness (QED) is 0.422. The highest BCUT2D eigenvalue weighted by Crippen LogP contribution is 2.23. The minimum Gasteiger partial charge on any atom is -0.507 e. The molecule has 2 aromatic heterocycles. The number of carbonyl (C=O) groups is 1. The first-order valence-corrected chi connectivity index (χ1v) is 10.3. The van der Waals surface area contributed by atoms with Gasteiger partial charge in [0, 0.05) is 11.9 Å². The van der Waals surface area contributed by atoms with Crippen LogP contribution >= 0.6 is 11.5 Å². The minimum absolute atomic E-state index is 0.0223. The number of aryl methyl sites for hydroxylation is 2. The lowest BCUT2D eigenvalue weighted by Gasteiger charge is -2.06. The Labute approximate surface area is 171 Å². The van der Waals surface area contributed by atoms with E-state index in [4.69, 9.17) is 0 Å². The number of unbranched alkanes of at least 4 members (excludes halogenated alkanes) is 1. The Balaban J connectivity index is 1.41. The fraction of sp³-hybridized carbons (Fsp3) is 0.227. The number of aromatic hydroxyl groups is 1. The summed E-state index contributed by atoms with van der Waals surface area (Å²) in [5, 5.41) is 13.9. The summed E-state index contributed by atoms with van der Waals surface area (Å²) in [4.78, 5) is 29.2. The van der Waals surface area contributed by atoms with Crippen molar-refractivity contribution in [3.63, 3.8) is 0 Å². The van der Waals surface area contributed by atoms with Crippen molar-refractivity contribution in [1.29, 1.82) is 0 Å². The van der Waals surface area contributed by atoms with E-state index in [-0.39, 0.29) is 22.6 Å². The van der Waals surface area contributed by atoms with E-state index >= 15 is 0 Å². The smallest absolute Gasteiger partial charge is 0.255 e. The first-order valence-electron chi connectivity index (χ1n) is 9.51. The van der Waals surface area contributed by atoms with Gasteiger partial charge < -0.3 is 15.4 Å². The molecule has 4 aromatic rings. The van der Waals surface area contributed by atoms with Crippen molar-refractivity contribution >= 4 is 38.6 Å². The molecule has 0 saturated heterocycles. The molecule has 2 heterocycles. The van der Waals surface area contributed by atoms with Gasteiger partial charge in [0.15, 0.2) is 5.43 Å². The number of hydrogen-bond donors (Lipinski definition) is 3. The highest BCUT2D eigenvalue weighted by molar-refractivity contribution is 7.13. The fourth-order valence-electron chi connectivity index (χ4n) is 3.41. The number of aromatic amines is 1. The maximum Gasteiger partial charge on any atom is 0.255 e. The minimum atomic E-state index is -0.291. The summed E-state index contributed by atoms with van der Waals surface area (Å²) in [6.07, 6.45) is 2.22. The molecule has 0 fully saturated rings. The average molecular weight is 407 g/mol. The van der Waals surface area contributed by atoms with Gasteiger partial charge >= 0.3 is 0 Å². The predicted octanol–water partition coefficient (Wildman–Crippen LogP) is 3.90. The van der Waals surface area contributed by atoms with Gasteiger partial charge in [0.2, 0.25) is 0 Å². The Hall–Kier alpha value is -3.19. The van der Waals surface area contributed by atoms with Crippen LogP contribution < -0.4 is 10.7 Å². The van der Waals surface area contributed by atoms with Crippen LogP contribution in [0.3, 0.4) is 0 Å². The molecular formula is C22H21N3O3S. The average Bonchev–Trinajstić information content (AvgIpc) is 3.12. The number of pyridine rings is 1. The van der Waals surface area contributed by atoms with Crippen LogP contribution in [-0.2, 0) is 6.42 Å². The Morgan fingerprint density at radius 1 is 1.21 bits per heavy atom. The number of hydrogen-bond acceptors (Lipinski definition) is 5. The molecule has 0 unspecified atom stereocenters. The number of carbonyl (C=O) groups excluding carboxylic acids is 1. The standard InChI is InChI=1S/C22H21N3O3S/c1-13-9-10-16-15(12-13)20(27)19-17(25-29-22(19)24-16)7-4-5-11-23-21(28)14-6-2-3-8-18(14)26/h2-3,6,8-10,12,26H,4-5,7,11H2,1H3,(H,23,28)(H,24,27). The summed E-state index contributed by atoms with van der Waals surface area (Å²) >= 11 is 1.31. The largest absolute Gasteiger partial charge is 0.507 e. The number of nitrogens with one attached hydrogen (secondary N) is 2. The van der Waals surface area contributed by atoms with Crippen LogP contribution in [0.4, 0.5) is 0 Å². The molecule has 6 nitrogen and oxygen atoms in total. The van der Waals surface area contributed by atoms with Crippen LogP contribution in [0.1, 0.15) is 34.5 Å². The van der Waals surface area contributed by atoms with Gasteiger partial charge in [-0.25, -0.2) is 0 Å². The zero-order chi connectivity index (χ0) is 20.4. The Bertz CT molecular complexity index is 1260. The van der Waals surface area contributed by atoms with Crippen LogP contribution in [0, 0.1) is 6.92 Å². The molecule has 4 rings (SSSR count). The van der Waals surface area contributed by atoms with Crippen molar-refractivity contribution in [2.24, 2.45) is 0 Å². The summed E-state index contributed by atoms with van der Waals surface area (Å²) < 4.78 is 4.48. The number of rotatable bonds is 6. The van der Waals surface area contributed by atoms with E-state index in [0.717, 1.165) is 34.4 Å². The van der Waals surface area contributed by atoms with Gasteiger partial charge in [0.25, 0.3) is 5.91 Å². The molecule has 0 saturated carbocycles. The van der Waals surface area contributed by atoms with Gasteiger partial charge in [-0.3, -0.25) is 9.59 Å². The van der Waals surface area contributed by atoms with Crippen molar-refractivity contribution < 1.29 is 9.90 Å². The first-order chi connectivity index (χ1) is 14.0. The lowest BCUT2D eigenvalue weighted by Crippen LogP contribution is -2.24. The van der Waals surface area contributed by atoms with Crippen molar-refractivity contribution in [3.05, 3.63) is 69.5 Å². The molecule has 0 aliphatic rings. The number of nitrogens with zero attached hydrogens (tertiary/aromatic N) is 1. The molecule has 0 atom stereocenters. The Kier molecular flexibility index (Phi) is 5.31. The second-order valence-corrected chi connectivity index (χ2v) is 7.84. The molecule has 29 heavy (non-hydrogen) atoms. The van der Waals surface area contributed by atoms with Crippen molar-refractivity contribution in [2.45, 2.75) is 26.2 Å². The Morgan fingerprint density at radius 3 is 2.86 bits per heavy atom. The Morgan fingerprint density at radius 2 is 2.03 bits per heavy atom. The zero-order valence-corrected chi connectivity index (χ0v) is 16.8. The molecule has 0 aliphatic heterocycles. The number of H-pyrrole nitrogens is 1. The molecule has 2 aromatic carbocycles. The second kappa shape index (κ2) is 8.05. The second-order valence-electron chi connectivity index (χ2n) is 7.07. The summed E-state index contributed by atoms with van der Waals surface area (Å²) in [5.74, 6) is -0.318. The molecule has 148 valence electrons. The summed E-state index contributed by atoms with van der Waals surface area (Å²) in [6.45, 7) is 2.47. The predicted molar refractivity (Wildman–Crippen MR) is 116 cm³/mol. The highest BCUT2D eigenvalue weighted by Gasteiger charge is 2.14. The molecule has 0 radical (unpaired) electrons. The number of aromatic nitrogens is 2. The van der Waals surface area contributed by atoms with Crippen LogP contribution in [0.2, 0.25) is 0 Å². The third-order valence-electron chi connectivity index (χ3n) is 4.93. The molecule has 0 bridgehead atoms. The fourth-order valence-corrected chi connectivity index (χ4v) is 4.25. The van der Waals surface area contributed by atoms with Gasteiger partial charge in [0.1, 0.15) is 10.6 Å². The van der Waals surface area contributed by atoms with Gasteiger partial charge in [-0.2, -0.15) is 4.37 Å². The van der Waals surface area contributed by atoms with Crippen molar-refractivity contribution in [1.82, 2.24) is 14.7 Å². The number of fused-ring (bicyclic) bond motifs is 2. The summed E-state index contributed by atoms with van der Waals surface area (Å²) in [6, 6.07) is 12.3. The number of para-hydroxylation sites is 1. The number of amides is 1. The molecule has 7 heteroatoms. The number of phenolic OH excluding ortho intramolecular Hbond substituents is 1. The SMILES string of the molecule is Cc1ccc2[nH]c3snc(CCCCNC(=O)c4ccccc4O)c3c(=O)c2c1. The molecule has 1 amide bonds. The van der Waals surface area contributed by atoms with E-state index in [9.17, 15) is 14.7 Å². The highest BCUT2D eigenvalue weighted by atomic mass is 32.1. The van der Waals surface area contributed by atoms with E-state index in [2.05, 4.69) is 14.7 Å². The number of benzene rings is 2. The van der Waals surface area contributed by atoms with E-state index in [1.165, 1.54) is 17.6 Å². The van der Waals surface area contributed by atoms with Gasteiger partial charge in [-0.15, -0.1) is 0 Å². The van der Waals surface area contributed by atoms with Gasteiger partial charge in [-0.05, 0) is 62.0 Å². The van der Waals surface area contributed by atoms with Crippen LogP contribution in [0.15, 0.2) is 47.3 Å². The van der Waals surface area contributed by atoms with E-state index in [1.807, 2.05) is 25.1 Å². The maximum atomic E-state index is 13.0.